The third-order valence-corrected chi connectivity index (χ3v) is 2.55. The minimum Gasteiger partial charge on any atom is -0.465 e. The number of aromatic nitrogens is 3. The van der Waals surface area contributed by atoms with Gasteiger partial charge < -0.3 is 10.5 Å². The van der Waals surface area contributed by atoms with E-state index in [2.05, 4.69) is 10.1 Å². The second kappa shape index (κ2) is 5.27. The van der Waals surface area contributed by atoms with E-state index in [-0.39, 0.29) is 5.97 Å². The van der Waals surface area contributed by atoms with Gasteiger partial charge in [0.05, 0.1) is 6.61 Å². The van der Waals surface area contributed by atoms with Crippen molar-refractivity contribution in [1.82, 2.24) is 14.8 Å². The van der Waals surface area contributed by atoms with Crippen LogP contribution in [-0.2, 0) is 16.1 Å². The van der Waals surface area contributed by atoms with Gasteiger partial charge in [-0.1, -0.05) is 0 Å². The Kier molecular flexibility index (Phi) is 4.22. The summed E-state index contributed by atoms with van der Waals surface area (Å²) in [7, 11) is 0. The van der Waals surface area contributed by atoms with Gasteiger partial charge in [0.15, 0.2) is 0 Å². The quantitative estimate of drug-likeness (QED) is 0.760. The third-order valence-electron chi connectivity index (χ3n) is 2.55. The van der Waals surface area contributed by atoms with E-state index < -0.39 is 5.54 Å². The lowest BCUT2D eigenvalue weighted by atomic mass is 10.00. The van der Waals surface area contributed by atoms with Crippen molar-refractivity contribution in [3.63, 3.8) is 0 Å². The van der Waals surface area contributed by atoms with Gasteiger partial charge in [-0.05, 0) is 34.1 Å². The van der Waals surface area contributed by atoms with E-state index >= 15 is 0 Å². The first-order valence-electron chi connectivity index (χ1n) is 5.71. The van der Waals surface area contributed by atoms with Crippen LogP contribution < -0.4 is 5.73 Å². The molecule has 96 valence electrons. The van der Waals surface area contributed by atoms with Crippen LogP contribution >= 0.6 is 0 Å². The van der Waals surface area contributed by atoms with Gasteiger partial charge in [0.2, 0.25) is 0 Å². The smallest absolute Gasteiger partial charge is 0.325 e. The summed E-state index contributed by atoms with van der Waals surface area (Å²) in [6.07, 6.45) is 0.468. The highest BCUT2D eigenvalue weighted by atomic mass is 16.5. The fraction of sp³-hybridized carbons (Fsp3) is 0.727. The normalized spacial score (nSPS) is 14.4. The van der Waals surface area contributed by atoms with Crippen LogP contribution in [0.25, 0.3) is 0 Å². The Bertz CT molecular complexity index is 398. The number of hydrogen-bond donors (Lipinski definition) is 1. The zero-order valence-electron chi connectivity index (χ0n) is 10.9. The summed E-state index contributed by atoms with van der Waals surface area (Å²) < 4.78 is 6.67. The molecule has 0 radical (unpaired) electrons. The predicted molar refractivity (Wildman–Crippen MR) is 63.3 cm³/mol. The summed E-state index contributed by atoms with van der Waals surface area (Å²) in [6, 6.07) is 0. The zero-order chi connectivity index (χ0) is 13.1. The molecule has 0 aliphatic heterocycles. The SMILES string of the molecule is CCOC(=O)C(C)(N)CCn1nc(C)nc1C. The molecule has 0 amide bonds. The number of esters is 1. The van der Waals surface area contributed by atoms with E-state index in [1.54, 1.807) is 18.5 Å². The molecular formula is C11H20N4O2. The van der Waals surface area contributed by atoms with Crippen LogP contribution in [0.2, 0.25) is 0 Å². The lowest BCUT2D eigenvalue weighted by Gasteiger charge is -2.22. The molecule has 0 fully saturated rings. The van der Waals surface area contributed by atoms with Crippen molar-refractivity contribution >= 4 is 5.97 Å². The first-order valence-corrected chi connectivity index (χ1v) is 5.71. The first-order chi connectivity index (χ1) is 7.86. The summed E-state index contributed by atoms with van der Waals surface area (Å²) in [4.78, 5) is 15.8. The number of carbonyl (C=O) groups is 1. The Morgan fingerprint density at radius 1 is 1.53 bits per heavy atom. The number of nitrogens with zero attached hydrogens (tertiary/aromatic N) is 3. The van der Waals surface area contributed by atoms with Gasteiger partial charge in [-0.3, -0.25) is 9.48 Å². The molecule has 1 unspecified atom stereocenters. The molecule has 0 saturated carbocycles. The number of hydrogen-bond acceptors (Lipinski definition) is 5. The van der Waals surface area contributed by atoms with Crippen molar-refractivity contribution in [2.45, 2.75) is 46.2 Å². The molecule has 0 spiro atoms. The lowest BCUT2D eigenvalue weighted by molar-refractivity contribution is -0.149. The number of ether oxygens (including phenoxy) is 1. The van der Waals surface area contributed by atoms with Crippen molar-refractivity contribution in [2.24, 2.45) is 5.73 Å². The van der Waals surface area contributed by atoms with E-state index in [0.717, 1.165) is 11.6 Å². The maximum Gasteiger partial charge on any atom is 0.325 e. The summed E-state index contributed by atoms with van der Waals surface area (Å²) in [5, 5.41) is 4.22. The number of aryl methyl sites for hydroxylation is 3. The maximum absolute atomic E-state index is 11.6. The molecule has 17 heavy (non-hydrogen) atoms. The van der Waals surface area contributed by atoms with Crippen LogP contribution in [0.5, 0.6) is 0 Å². The number of carbonyl (C=O) groups excluding carboxylic acids is 1. The van der Waals surface area contributed by atoms with E-state index in [9.17, 15) is 4.79 Å². The first kappa shape index (κ1) is 13.6. The minimum atomic E-state index is -0.984. The molecule has 2 N–H and O–H groups in total. The molecule has 1 atom stereocenters. The van der Waals surface area contributed by atoms with Gasteiger partial charge in [-0.15, -0.1) is 0 Å². The average Bonchev–Trinajstić information content (AvgIpc) is 2.55. The Labute approximate surface area is 101 Å². The van der Waals surface area contributed by atoms with Gasteiger partial charge in [-0.2, -0.15) is 5.10 Å². The van der Waals surface area contributed by atoms with Gasteiger partial charge in [0.25, 0.3) is 0 Å². The second-order valence-electron chi connectivity index (χ2n) is 4.32. The van der Waals surface area contributed by atoms with Crippen LogP contribution in [0.3, 0.4) is 0 Å². The standard InChI is InChI=1S/C11H20N4O2/c1-5-17-10(16)11(4,12)6-7-15-9(3)13-8(2)14-15/h5-7,12H2,1-4H3. The molecule has 0 bridgehead atoms. The van der Waals surface area contributed by atoms with Gasteiger partial charge in [0, 0.05) is 6.54 Å². The third kappa shape index (κ3) is 3.52. The van der Waals surface area contributed by atoms with Crippen molar-refractivity contribution in [2.75, 3.05) is 6.61 Å². The number of rotatable bonds is 5. The Hall–Kier alpha value is -1.43. The Morgan fingerprint density at radius 2 is 2.18 bits per heavy atom. The topological polar surface area (TPSA) is 83.0 Å². The second-order valence-corrected chi connectivity index (χ2v) is 4.32. The largest absolute Gasteiger partial charge is 0.465 e. The van der Waals surface area contributed by atoms with Gasteiger partial charge in [0.1, 0.15) is 17.2 Å². The van der Waals surface area contributed by atoms with E-state index in [1.165, 1.54) is 0 Å². The van der Waals surface area contributed by atoms with Crippen molar-refractivity contribution < 1.29 is 9.53 Å². The van der Waals surface area contributed by atoms with Crippen LogP contribution in [0.1, 0.15) is 31.9 Å². The Balaban J connectivity index is 2.60. The summed E-state index contributed by atoms with van der Waals surface area (Å²) in [6.45, 7) is 8.03. The van der Waals surface area contributed by atoms with Crippen molar-refractivity contribution in [3.05, 3.63) is 11.6 Å². The summed E-state index contributed by atoms with van der Waals surface area (Å²) in [5.41, 5.74) is 4.93. The van der Waals surface area contributed by atoms with Crippen molar-refractivity contribution in [1.29, 1.82) is 0 Å². The molecule has 1 rings (SSSR count). The van der Waals surface area contributed by atoms with Gasteiger partial charge in [-0.25, -0.2) is 4.98 Å². The fourth-order valence-electron chi connectivity index (χ4n) is 1.51. The Morgan fingerprint density at radius 3 is 2.65 bits per heavy atom. The van der Waals surface area contributed by atoms with Gasteiger partial charge >= 0.3 is 5.97 Å². The highest BCUT2D eigenvalue weighted by Crippen LogP contribution is 2.10. The summed E-state index contributed by atoms with van der Waals surface area (Å²) >= 11 is 0. The van der Waals surface area contributed by atoms with E-state index in [0.29, 0.717) is 19.6 Å². The van der Waals surface area contributed by atoms with Crippen LogP contribution in [0.15, 0.2) is 0 Å². The molecule has 6 nitrogen and oxygen atoms in total. The average molecular weight is 240 g/mol. The van der Waals surface area contributed by atoms with E-state index in [1.807, 2.05) is 13.8 Å². The minimum absolute atomic E-state index is 0.340. The zero-order valence-corrected chi connectivity index (χ0v) is 10.9. The van der Waals surface area contributed by atoms with Crippen LogP contribution in [-0.4, -0.2) is 32.9 Å². The monoisotopic (exact) mass is 240 g/mol. The predicted octanol–water partition coefficient (Wildman–Crippen LogP) is 0.566. The maximum atomic E-state index is 11.6. The van der Waals surface area contributed by atoms with Crippen molar-refractivity contribution in [3.8, 4) is 0 Å². The van der Waals surface area contributed by atoms with Crippen LogP contribution in [0, 0.1) is 13.8 Å². The molecule has 1 aromatic heterocycles. The fourth-order valence-corrected chi connectivity index (χ4v) is 1.51. The highest BCUT2D eigenvalue weighted by molar-refractivity contribution is 5.79. The molecule has 0 aliphatic rings. The molecule has 1 aromatic rings. The molecule has 0 aromatic carbocycles. The van der Waals surface area contributed by atoms with Crippen LogP contribution in [0.4, 0.5) is 0 Å². The molecule has 0 aliphatic carbocycles. The lowest BCUT2D eigenvalue weighted by Crippen LogP contribution is -2.47. The molecule has 6 heteroatoms. The summed E-state index contributed by atoms with van der Waals surface area (Å²) in [5.74, 6) is 1.16. The van der Waals surface area contributed by atoms with E-state index in [4.69, 9.17) is 10.5 Å². The number of nitrogens with two attached hydrogens (primary N) is 1. The molecule has 0 saturated heterocycles. The molecular weight excluding hydrogens is 220 g/mol. The highest BCUT2D eigenvalue weighted by Gasteiger charge is 2.29. The molecule has 1 heterocycles.